The molecule has 0 aromatic heterocycles. The predicted molar refractivity (Wildman–Crippen MR) is 63.6 cm³/mol. The number of aliphatic hydroxyl groups is 1. The van der Waals surface area contributed by atoms with Gasteiger partial charge in [0.05, 0.1) is 5.60 Å². The molecule has 4 atom stereocenters. The van der Waals surface area contributed by atoms with Crippen molar-refractivity contribution in [3.63, 3.8) is 0 Å². The van der Waals surface area contributed by atoms with Crippen molar-refractivity contribution in [2.45, 2.75) is 57.5 Å². The third-order valence-corrected chi connectivity index (χ3v) is 4.47. The summed E-state index contributed by atoms with van der Waals surface area (Å²) >= 11 is 0. The third kappa shape index (κ3) is 2.63. The molecule has 2 bridgehead atoms. The minimum atomic E-state index is -0.455. The van der Waals surface area contributed by atoms with Crippen LogP contribution in [0.2, 0.25) is 0 Å². The number of hydrogen-bond acceptors (Lipinski definition) is 1. The number of hydrogen-bond donors (Lipinski definition) is 1. The molecule has 2 fully saturated rings. The Morgan fingerprint density at radius 3 is 2.73 bits per heavy atom. The Kier molecular flexibility index (Phi) is 3.20. The van der Waals surface area contributed by atoms with Gasteiger partial charge in [-0.1, -0.05) is 12.5 Å². The fourth-order valence-electron chi connectivity index (χ4n) is 3.71. The van der Waals surface area contributed by atoms with E-state index >= 15 is 0 Å². The molecule has 1 heteroatoms. The minimum absolute atomic E-state index is 0.455. The van der Waals surface area contributed by atoms with Crippen LogP contribution in [0, 0.1) is 17.8 Å². The summed E-state index contributed by atoms with van der Waals surface area (Å²) in [5.41, 5.74) is -0.455. The minimum Gasteiger partial charge on any atom is -0.390 e. The summed E-state index contributed by atoms with van der Waals surface area (Å²) in [5.74, 6) is 2.74. The van der Waals surface area contributed by atoms with Crippen LogP contribution in [0.5, 0.6) is 0 Å². The van der Waals surface area contributed by atoms with Crippen LogP contribution in [0.15, 0.2) is 12.7 Å². The first-order chi connectivity index (χ1) is 7.11. The SMILES string of the molecule is C=CCCC(C)(O)CC1CC2CCC1C2. The van der Waals surface area contributed by atoms with Gasteiger partial charge in [0, 0.05) is 0 Å². The number of allylic oxidation sites excluding steroid dienone is 1. The fourth-order valence-corrected chi connectivity index (χ4v) is 3.71. The molecule has 1 nitrogen and oxygen atoms in total. The Morgan fingerprint density at radius 2 is 2.20 bits per heavy atom. The molecule has 0 aliphatic heterocycles. The van der Waals surface area contributed by atoms with Crippen molar-refractivity contribution in [3.8, 4) is 0 Å². The smallest absolute Gasteiger partial charge is 0.0625 e. The first-order valence-corrected chi connectivity index (χ1v) is 6.44. The largest absolute Gasteiger partial charge is 0.390 e. The summed E-state index contributed by atoms with van der Waals surface area (Å²) in [6.07, 6.45) is 10.5. The highest BCUT2D eigenvalue weighted by atomic mass is 16.3. The van der Waals surface area contributed by atoms with Gasteiger partial charge < -0.3 is 5.11 Å². The predicted octanol–water partition coefficient (Wildman–Crippen LogP) is 3.53. The lowest BCUT2D eigenvalue weighted by atomic mass is 9.79. The summed E-state index contributed by atoms with van der Waals surface area (Å²) < 4.78 is 0. The molecular formula is C14H24O. The maximum Gasteiger partial charge on any atom is 0.0625 e. The van der Waals surface area contributed by atoms with Gasteiger partial charge in [0.15, 0.2) is 0 Å². The fraction of sp³-hybridized carbons (Fsp3) is 0.857. The van der Waals surface area contributed by atoms with Crippen molar-refractivity contribution in [2.24, 2.45) is 17.8 Å². The molecule has 2 aliphatic carbocycles. The lowest BCUT2D eigenvalue weighted by Gasteiger charge is -2.30. The van der Waals surface area contributed by atoms with Gasteiger partial charge in [-0.15, -0.1) is 6.58 Å². The molecule has 86 valence electrons. The van der Waals surface area contributed by atoms with Gasteiger partial charge in [-0.2, -0.15) is 0 Å². The van der Waals surface area contributed by atoms with Crippen molar-refractivity contribution >= 4 is 0 Å². The zero-order chi connectivity index (χ0) is 10.9. The van der Waals surface area contributed by atoms with Gasteiger partial charge in [-0.05, 0) is 63.2 Å². The summed E-state index contributed by atoms with van der Waals surface area (Å²) in [4.78, 5) is 0. The molecule has 0 aromatic carbocycles. The number of rotatable bonds is 5. The lowest BCUT2D eigenvalue weighted by Crippen LogP contribution is -2.29. The van der Waals surface area contributed by atoms with Crippen molar-refractivity contribution in [1.82, 2.24) is 0 Å². The van der Waals surface area contributed by atoms with Crippen LogP contribution >= 0.6 is 0 Å². The normalized spacial score (nSPS) is 37.9. The second-order valence-corrected chi connectivity index (χ2v) is 5.96. The van der Waals surface area contributed by atoms with E-state index in [1.54, 1.807) is 0 Å². The molecule has 0 radical (unpaired) electrons. The van der Waals surface area contributed by atoms with Gasteiger partial charge in [-0.3, -0.25) is 0 Å². The van der Waals surface area contributed by atoms with Crippen LogP contribution in [0.25, 0.3) is 0 Å². The van der Waals surface area contributed by atoms with Gasteiger partial charge in [-0.25, -0.2) is 0 Å². The molecule has 2 saturated carbocycles. The highest BCUT2D eigenvalue weighted by molar-refractivity contribution is 4.93. The van der Waals surface area contributed by atoms with Gasteiger partial charge in [0.1, 0.15) is 0 Å². The van der Waals surface area contributed by atoms with Crippen LogP contribution in [0.1, 0.15) is 51.9 Å². The average Bonchev–Trinajstić information content (AvgIpc) is 2.75. The molecule has 0 heterocycles. The van der Waals surface area contributed by atoms with E-state index in [-0.39, 0.29) is 0 Å². The molecule has 15 heavy (non-hydrogen) atoms. The molecule has 0 amide bonds. The van der Waals surface area contributed by atoms with Crippen molar-refractivity contribution < 1.29 is 5.11 Å². The highest BCUT2D eigenvalue weighted by Crippen LogP contribution is 2.51. The summed E-state index contributed by atoms with van der Waals surface area (Å²) in [7, 11) is 0. The zero-order valence-electron chi connectivity index (χ0n) is 9.91. The zero-order valence-corrected chi connectivity index (χ0v) is 9.91. The maximum absolute atomic E-state index is 10.3. The van der Waals surface area contributed by atoms with Crippen molar-refractivity contribution in [1.29, 1.82) is 0 Å². The monoisotopic (exact) mass is 208 g/mol. The molecule has 2 aliphatic rings. The topological polar surface area (TPSA) is 20.2 Å². The average molecular weight is 208 g/mol. The van der Waals surface area contributed by atoms with Crippen LogP contribution in [-0.4, -0.2) is 10.7 Å². The van der Waals surface area contributed by atoms with E-state index in [0.29, 0.717) is 0 Å². The first kappa shape index (κ1) is 11.2. The summed E-state index contributed by atoms with van der Waals surface area (Å²) in [5, 5.41) is 10.3. The maximum atomic E-state index is 10.3. The van der Waals surface area contributed by atoms with Crippen molar-refractivity contribution in [2.75, 3.05) is 0 Å². The van der Waals surface area contributed by atoms with E-state index in [9.17, 15) is 5.11 Å². The van der Waals surface area contributed by atoms with E-state index in [1.165, 1.54) is 25.7 Å². The van der Waals surface area contributed by atoms with E-state index in [1.807, 2.05) is 13.0 Å². The molecule has 0 spiro atoms. The Morgan fingerprint density at radius 1 is 1.40 bits per heavy atom. The van der Waals surface area contributed by atoms with Crippen LogP contribution in [-0.2, 0) is 0 Å². The van der Waals surface area contributed by atoms with Gasteiger partial charge in [0.2, 0.25) is 0 Å². The second-order valence-electron chi connectivity index (χ2n) is 5.96. The van der Waals surface area contributed by atoms with Crippen molar-refractivity contribution in [3.05, 3.63) is 12.7 Å². The first-order valence-electron chi connectivity index (χ1n) is 6.44. The molecule has 1 N–H and O–H groups in total. The summed E-state index contributed by atoms with van der Waals surface area (Å²) in [6, 6.07) is 0. The van der Waals surface area contributed by atoms with E-state index in [0.717, 1.165) is 37.0 Å². The molecule has 2 rings (SSSR count). The van der Waals surface area contributed by atoms with E-state index in [4.69, 9.17) is 0 Å². The quantitative estimate of drug-likeness (QED) is 0.685. The van der Waals surface area contributed by atoms with Crippen LogP contribution < -0.4 is 0 Å². The molecule has 0 saturated heterocycles. The van der Waals surface area contributed by atoms with E-state index in [2.05, 4.69) is 6.58 Å². The Hall–Kier alpha value is -0.300. The van der Waals surface area contributed by atoms with Gasteiger partial charge in [0.25, 0.3) is 0 Å². The Balaban J connectivity index is 1.83. The molecule has 4 unspecified atom stereocenters. The molecular weight excluding hydrogens is 184 g/mol. The van der Waals surface area contributed by atoms with Crippen LogP contribution in [0.4, 0.5) is 0 Å². The summed E-state index contributed by atoms with van der Waals surface area (Å²) in [6.45, 7) is 5.73. The second kappa shape index (κ2) is 4.29. The van der Waals surface area contributed by atoms with Crippen LogP contribution in [0.3, 0.4) is 0 Å². The van der Waals surface area contributed by atoms with Gasteiger partial charge >= 0.3 is 0 Å². The Bertz CT molecular complexity index is 231. The third-order valence-electron chi connectivity index (χ3n) is 4.47. The number of fused-ring (bicyclic) bond motifs is 2. The Labute approximate surface area is 93.6 Å². The standard InChI is InChI=1S/C14H24O/c1-3-4-7-14(2,15)10-13-9-11-5-6-12(13)8-11/h3,11-13,15H,1,4-10H2,2H3. The lowest BCUT2D eigenvalue weighted by molar-refractivity contribution is 0.0174. The van der Waals surface area contributed by atoms with E-state index < -0.39 is 5.60 Å². The highest BCUT2D eigenvalue weighted by Gasteiger charge is 2.41. The molecule has 0 aromatic rings.